The van der Waals surface area contributed by atoms with Crippen LogP contribution in [0.4, 0.5) is 5.69 Å². The molecular formula is C14H22N2S. The van der Waals surface area contributed by atoms with Crippen LogP contribution < -0.4 is 11.1 Å². The molecule has 1 aromatic carbocycles. The highest BCUT2D eigenvalue weighted by Gasteiger charge is 2.15. The molecule has 17 heavy (non-hydrogen) atoms. The SMILES string of the molecule is CCC(C)(C)CNc1ccc(C)cc1C(N)=S. The van der Waals surface area contributed by atoms with E-state index >= 15 is 0 Å². The number of hydrogen-bond donors (Lipinski definition) is 2. The van der Waals surface area contributed by atoms with E-state index in [1.54, 1.807) is 0 Å². The van der Waals surface area contributed by atoms with Crippen LogP contribution in [0.1, 0.15) is 38.3 Å². The Labute approximate surface area is 110 Å². The third kappa shape index (κ3) is 4.00. The van der Waals surface area contributed by atoms with Gasteiger partial charge in [0, 0.05) is 17.8 Å². The Bertz CT molecular complexity index is 411. The zero-order valence-corrected chi connectivity index (χ0v) is 11.9. The summed E-state index contributed by atoms with van der Waals surface area (Å²) < 4.78 is 0. The molecule has 0 heterocycles. The third-order valence-electron chi connectivity index (χ3n) is 3.16. The number of benzene rings is 1. The van der Waals surface area contributed by atoms with Crippen molar-refractivity contribution in [3.63, 3.8) is 0 Å². The summed E-state index contributed by atoms with van der Waals surface area (Å²) >= 11 is 5.08. The fraction of sp³-hybridized carbons (Fsp3) is 0.500. The van der Waals surface area contributed by atoms with Gasteiger partial charge < -0.3 is 11.1 Å². The first kappa shape index (κ1) is 14.0. The summed E-state index contributed by atoms with van der Waals surface area (Å²) in [6, 6.07) is 6.15. The lowest BCUT2D eigenvalue weighted by atomic mass is 9.90. The van der Waals surface area contributed by atoms with Crippen LogP contribution in [0.25, 0.3) is 0 Å². The second-order valence-corrected chi connectivity index (χ2v) is 5.72. The molecule has 0 bridgehead atoms. The van der Waals surface area contributed by atoms with Gasteiger partial charge in [-0.2, -0.15) is 0 Å². The van der Waals surface area contributed by atoms with E-state index in [0.717, 1.165) is 24.2 Å². The Balaban J connectivity index is 2.88. The van der Waals surface area contributed by atoms with Crippen molar-refractivity contribution >= 4 is 22.9 Å². The Kier molecular flexibility index (Phi) is 4.52. The highest BCUT2D eigenvalue weighted by molar-refractivity contribution is 7.80. The van der Waals surface area contributed by atoms with Gasteiger partial charge >= 0.3 is 0 Å². The molecule has 0 atom stereocenters. The smallest absolute Gasteiger partial charge is 0.106 e. The highest BCUT2D eigenvalue weighted by Crippen LogP contribution is 2.23. The minimum absolute atomic E-state index is 0.276. The molecule has 0 saturated heterocycles. The minimum atomic E-state index is 0.276. The second-order valence-electron chi connectivity index (χ2n) is 5.28. The van der Waals surface area contributed by atoms with Gasteiger partial charge in [-0.3, -0.25) is 0 Å². The largest absolute Gasteiger partial charge is 0.389 e. The van der Waals surface area contributed by atoms with E-state index in [1.165, 1.54) is 5.56 Å². The van der Waals surface area contributed by atoms with Crippen molar-refractivity contribution in [3.05, 3.63) is 29.3 Å². The number of hydrogen-bond acceptors (Lipinski definition) is 2. The zero-order valence-electron chi connectivity index (χ0n) is 11.1. The molecule has 2 nitrogen and oxygen atoms in total. The van der Waals surface area contributed by atoms with Gasteiger partial charge in [-0.05, 0) is 30.9 Å². The van der Waals surface area contributed by atoms with Gasteiger partial charge in [-0.15, -0.1) is 0 Å². The van der Waals surface area contributed by atoms with Gasteiger partial charge in [-0.1, -0.05) is 44.6 Å². The van der Waals surface area contributed by atoms with E-state index in [1.807, 2.05) is 13.0 Å². The van der Waals surface area contributed by atoms with Gasteiger partial charge in [0.05, 0.1) is 0 Å². The molecule has 94 valence electrons. The molecule has 0 unspecified atom stereocenters. The predicted molar refractivity (Wildman–Crippen MR) is 79.6 cm³/mol. The molecule has 1 aromatic rings. The Morgan fingerprint density at radius 1 is 1.41 bits per heavy atom. The van der Waals surface area contributed by atoms with E-state index in [2.05, 4.69) is 38.2 Å². The van der Waals surface area contributed by atoms with Gasteiger partial charge in [0.2, 0.25) is 0 Å². The number of thiocarbonyl (C=S) groups is 1. The van der Waals surface area contributed by atoms with Crippen molar-refractivity contribution in [1.29, 1.82) is 0 Å². The summed E-state index contributed by atoms with van der Waals surface area (Å²) in [5.41, 5.74) is 9.17. The van der Waals surface area contributed by atoms with Crippen molar-refractivity contribution in [2.45, 2.75) is 34.1 Å². The Morgan fingerprint density at radius 3 is 2.59 bits per heavy atom. The Morgan fingerprint density at radius 2 is 2.06 bits per heavy atom. The first-order valence-corrected chi connectivity index (χ1v) is 6.41. The molecule has 0 radical (unpaired) electrons. The van der Waals surface area contributed by atoms with Crippen molar-refractivity contribution in [2.24, 2.45) is 11.1 Å². The van der Waals surface area contributed by atoms with E-state index in [9.17, 15) is 0 Å². The van der Waals surface area contributed by atoms with Gasteiger partial charge in [-0.25, -0.2) is 0 Å². The first-order chi connectivity index (χ1) is 7.85. The first-order valence-electron chi connectivity index (χ1n) is 6.00. The molecule has 3 heteroatoms. The van der Waals surface area contributed by atoms with E-state index in [4.69, 9.17) is 18.0 Å². The summed E-state index contributed by atoms with van der Waals surface area (Å²) in [7, 11) is 0. The molecule has 0 aliphatic rings. The van der Waals surface area contributed by atoms with Crippen LogP contribution in [0, 0.1) is 12.3 Å². The van der Waals surface area contributed by atoms with Crippen LogP contribution in [0.5, 0.6) is 0 Å². The van der Waals surface area contributed by atoms with Crippen LogP contribution in [0.2, 0.25) is 0 Å². The number of rotatable bonds is 5. The highest BCUT2D eigenvalue weighted by atomic mass is 32.1. The second kappa shape index (κ2) is 5.50. The summed E-state index contributed by atoms with van der Waals surface area (Å²) in [6.45, 7) is 9.65. The molecule has 1 rings (SSSR count). The fourth-order valence-corrected chi connectivity index (χ4v) is 1.64. The third-order valence-corrected chi connectivity index (χ3v) is 3.37. The molecular weight excluding hydrogens is 228 g/mol. The lowest BCUT2D eigenvalue weighted by Gasteiger charge is -2.24. The Hall–Kier alpha value is -1.09. The molecule has 0 spiro atoms. The maximum absolute atomic E-state index is 5.75. The van der Waals surface area contributed by atoms with Crippen molar-refractivity contribution in [2.75, 3.05) is 11.9 Å². The lowest BCUT2D eigenvalue weighted by molar-refractivity contribution is 0.377. The monoisotopic (exact) mass is 250 g/mol. The van der Waals surface area contributed by atoms with Crippen molar-refractivity contribution in [1.82, 2.24) is 0 Å². The standard InChI is InChI=1S/C14H22N2S/c1-5-14(3,4)9-16-12-7-6-10(2)8-11(12)13(15)17/h6-8,16H,5,9H2,1-4H3,(H2,15,17). The van der Waals surface area contributed by atoms with Gasteiger partial charge in [0.25, 0.3) is 0 Å². The quantitative estimate of drug-likeness (QED) is 0.786. The summed E-state index contributed by atoms with van der Waals surface area (Å²) in [4.78, 5) is 0.450. The topological polar surface area (TPSA) is 38.0 Å². The van der Waals surface area contributed by atoms with E-state index < -0.39 is 0 Å². The summed E-state index contributed by atoms with van der Waals surface area (Å²) in [6.07, 6.45) is 1.13. The van der Waals surface area contributed by atoms with Gasteiger partial charge in [0.15, 0.2) is 0 Å². The molecule has 0 aliphatic heterocycles. The predicted octanol–water partition coefficient (Wildman–Crippen LogP) is 3.48. The average molecular weight is 250 g/mol. The average Bonchev–Trinajstić information content (AvgIpc) is 2.27. The number of nitrogens with two attached hydrogens (primary N) is 1. The molecule has 3 N–H and O–H groups in total. The summed E-state index contributed by atoms with van der Waals surface area (Å²) in [5, 5.41) is 3.45. The fourth-order valence-electron chi connectivity index (χ4n) is 1.48. The maximum atomic E-state index is 5.75. The van der Waals surface area contributed by atoms with Crippen LogP contribution in [0.15, 0.2) is 18.2 Å². The number of nitrogens with one attached hydrogen (secondary N) is 1. The lowest BCUT2D eigenvalue weighted by Crippen LogP contribution is -2.23. The van der Waals surface area contributed by atoms with Crippen LogP contribution >= 0.6 is 12.2 Å². The van der Waals surface area contributed by atoms with E-state index in [-0.39, 0.29) is 5.41 Å². The van der Waals surface area contributed by atoms with E-state index in [0.29, 0.717) is 4.99 Å². The molecule has 0 saturated carbocycles. The molecule has 0 amide bonds. The number of aryl methyl sites for hydroxylation is 1. The van der Waals surface area contributed by atoms with Crippen LogP contribution in [-0.4, -0.2) is 11.5 Å². The van der Waals surface area contributed by atoms with Crippen molar-refractivity contribution in [3.8, 4) is 0 Å². The zero-order chi connectivity index (χ0) is 13.1. The molecule has 0 aliphatic carbocycles. The summed E-state index contributed by atoms with van der Waals surface area (Å²) in [5.74, 6) is 0. The van der Waals surface area contributed by atoms with Crippen molar-refractivity contribution < 1.29 is 0 Å². The normalized spacial score (nSPS) is 11.3. The molecule has 0 aromatic heterocycles. The van der Waals surface area contributed by atoms with Crippen LogP contribution in [-0.2, 0) is 0 Å². The molecule has 0 fully saturated rings. The maximum Gasteiger partial charge on any atom is 0.106 e. The van der Waals surface area contributed by atoms with Gasteiger partial charge in [0.1, 0.15) is 4.99 Å². The number of anilines is 1. The minimum Gasteiger partial charge on any atom is -0.389 e. The van der Waals surface area contributed by atoms with Crippen LogP contribution in [0.3, 0.4) is 0 Å².